The molecule has 0 unspecified atom stereocenters. The Hall–Kier alpha value is -1.75. The number of hydrogen-bond acceptors (Lipinski definition) is 3. The lowest BCUT2D eigenvalue weighted by Gasteiger charge is -2.21. The molecule has 1 aromatic carbocycles. The van der Waals surface area contributed by atoms with Crippen LogP contribution in [-0.2, 0) is 4.79 Å². The zero-order valence-electron chi connectivity index (χ0n) is 12.5. The van der Waals surface area contributed by atoms with E-state index in [0.717, 1.165) is 12.8 Å². The summed E-state index contributed by atoms with van der Waals surface area (Å²) in [5, 5.41) is 9.41. The summed E-state index contributed by atoms with van der Waals surface area (Å²) < 4.78 is 5.23. The molecular weight excluding hydrogens is 306 g/mol. The van der Waals surface area contributed by atoms with Crippen molar-refractivity contribution in [2.45, 2.75) is 25.7 Å². The first-order chi connectivity index (χ1) is 10.5. The molecule has 6 heteroatoms. The molecule has 0 saturated carbocycles. The second kappa shape index (κ2) is 7.49. The van der Waals surface area contributed by atoms with Crippen molar-refractivity contribution in [2.24, 2.45) is 5.92 Å². The Labute approximate surface area is 134 Å². The lowest BCUT2D eigenvalue weighted by atomic mass is 9.97. The highest BCUT2D eigenvalue weighted by Crippen LogP contribution is 2.27. The van der Waals surface area contributed by atoms with E-state index in [1.165, 1.54) is 7.11 Å². The molecule has 2 rings (SSSR count). The van der Waals surface area contributed by atoms with Crippen molar-refractivity contribution >= 4 is 23.5 Å². The van der Waals surface area contributed by atoms with Crippen molar-refractivity contribution in [3.8, 4) is 5.75 Å². The number of carbonyl (C=O) groups excluding carboxylic acids is 1. The number of carboxylic acids is 1. The average Bonchev–Trinajstić information content (AvgIpc) is 2.71. The van der Waals surface area contributed by atoms with Crippen LogP contribution in [-0.4, -0.2) is 42.1 Å². The van der Waals surface area contributed by atoms with E-state index in [9.17, 15) is 9.59 Å². The minimum atomic E-state index is -0.774. The number of hydrogen-bond donors (Lipinski definition) is 1. The van der Waals surface area contributed by atoms with Crippen LogP contribution in [0, 0.1) is 5.92 Å². The van der Waals surface area contributed by atoms with Gasteiger partial charge in [0.15, 0.2) is 0 Å². The maximum atomic E-state index is 12.7. The maximum absolute atomic E-state index is 12.7. The topological polar surface area (TPSA) is 66.8 Å². The molecule has 22 heavy (non-hydrogen) atoms. The molecule has 1 fully saturated rings. The number of amides is 1. The number of likely N-dealkylation sites (tertiary alicyclic amines) is 1. The Bertz CT molecular complexity index is 561. The summed E-state index contributed by atoms with van der Waals surface area (Å²) in [5.74, 6) is -0.264. The summed E-state index contributed by atoms with van der Waals surface area (Å²) >= 11 is 5.92. The van der Waals surface area contributed by atoms with Crippen LogP contribution in [0.4, 0.5) is 0 Å². The second-order valence-corrected chi connectivity index (χ2v) is 5.97. The van der Waals surface area contributed by atoms with Gasteiger partial charge in [0, 0.05) is 24.5 Å². The van der Waals surface area contributed by atoms with E-state index >= 15 is 0 Å². The highest BCUT2D eigenvalue weighted by atomic mass is 35.5. The smallest absolute Gasteiger partial charge is 0.303 e. The molecule has 1 saturated heterocycles. The molecular formula is C16H20ClNO4. The van der Waals surface area contributed by atoms with Gasteiger partial charge in [0.05, 0.1) is 12.7 Å². The largest absolute Gasteiger partial charge is 0.496 e. The van der Waals surface area contributed by atoms with Crippen LogP contribution in [0.15, 0.2) is 18.2 Å². The van der Waals surface area contributed by atoms with Gasteiger partial charge < -0.3 is 14.7 Å². The molecule has 120 valence electrons. The van der Waals surface area contributed by atoms with Gasteiger partial charge in [-0.25, -0.2) is 0 Å². The van der Waals surface area contributed by atoms with Gasteiger partial charge in [0.25, 0.3) is 5.91 Å². The number of carboxylic acid groups (broad SMARTS) is 1. The van der Waals surface area contributed by atoms with Gasteiger partial charge >= 0.3 is 5.97 Å². The van der Waals surface area contributed by atoms with Crippen LogP contribution >= 0.6 is 11.6 Å². The van der Waals surface area contributed by atoms with Crippen molar-refractivity contribution in [3.63, 3.8) is 0 Å². The Balaban J connectivity index is 2.08. The highest BCUT2D eigenvalue weighted by Gasteiger charge is 2.24. The average molecular weight is 326 g/mol. The molecule has 0 aromatic heterocycles. The van der Waals surface area contributed by atoms with Crippen molar-refractivity contribution < 1.29 is 19.4 Å². The number of methoxy groups -OCH3 is 1. The van der Waals surface area contributed by atoms with E-state index in [-0.39, 0.29) is 18.2 Å². The SMILES string of the molecule is COc1cc(Cl)ccc1C(=O)N1CCC[C@@H](CC(=O)O)CC1. The molecule has 0 spiro atoms. The fraction of sp³-hybridized carbons (Fsp3) is 0.500. The van der Waals surface area contributed by atoms with Crippen molar-refractivity contribution in [2.75, 3.05) is 20.2 Å². The number of benzene rings is 1. The Kier molecular flexibility index (Phi) is 5.66. The lowest BCUT2D eigenvalue weighted by Crippen LogP contribution is -2.32. The Morgan fingerprint density at radius 1 is 1.36 bits per heavy atom. The fourth-order valence-electron chi connectivity index (χ4n) is 2.83. The molecule has 1 heterocycles. The number of carbonyl (C=O) groups is 2. The minimum absolute atomic E-state index is 0.0931. The van der Waals surface area contributed by atoms with Crippen LogP contribution in [0.5, 0.6) is 5.75 Å². The second-order valence-electron chi connectivity index (χ2n) is 5.53. The van der Waals surface area contributed by atoms with E-state index in [4.69, 9.17) is 21.4 Å². The first kappa shape index (κ1) is 16.6. The monoisotopic (exact) mass is 325 g/mol. The third-order valence-electron chi connectivity index (χ3n) is 3.99. The molecule has 0 radical (unpaired) electrons. The van der Waals surface area contributed by atoms with Gasteiger partial charge in [-0.05, 0) is 43.4 Å². The third-order valence-corrected chi connectivity index (χ3v) is 4.23. The minimum Gasteiger partial charge on any atom is -0.496 e. The molecule has 1 aliphatic rings. The zero-order chi connectivity index (χ0) is 16.1. The molecule has 0 aliphatic carbocycles. The normalized spacial score (nSPS) is 18.6. The van der Waals surface area contributed by atoms with Gasteiger partial charge in [-0.15, -0.1) is 0 Å². The van der Waals surface area contributed by atoms with Gasteiger partial charge in [-0.2, -0.15) is 0 Å². The quantitative estimate of drug-likeness (QED) is 0.923. The van der Waals surface area contributed by atoms with Crippen LogP contribution < -0.4 is 4.74 Å². The third kappa shape index (κ3) is 4.13. The summed E-state index contributed by atoms with van der Waals surface area (Å²) in [5.41, 5.74) is 0.489. The first-order valence-corrected chi connectivity index (χ1v) is 7.73. The van der Waals surface area contributed by atoms with Gasteiger partial charge in [-0.1, -0.05) is 11.6 Å². The van der Waals surface area contributed by atoms with Crippen molar-refractivity contribution in [3.05, 3.63) is 28.8 Å². The predicted octanol–water partition coefficient (Wildman–Crippen LogP) is 3.07. The van der Waals surface area contributed by atoms with Gasteiger partial charge in [0.2, 0.25) is 0 Å². The van der Waals surface area contributed by atoms with Crippen LogP contribution in [0.1, 0.15) is 36.0 Å². The van der Waals surface area contributed by atoms with Gasteiger partial charge in [0.1, 0.15) is 5.75 Å². The van der Waals surface area contributed by atoms with Gasteiger partial charge in [-0.3, -0.25) is 9.59 Å². The summed E-state index contributed by atoms with van der Waals surface area (Å²) in [7, 11) is 1.51. The van der Waals surface area contributed by atoms with E-state index in [2.05, 4.69) is 0 Å². The standard InChI is InChI=1S/C16H20ClNO4/c1-22-14-10-12(17)4-5-13(14)16(21)18-7-2-3-11(6-8-18)9-15(19)20/h4-5,10-11H,2-3,6-9H2,1H3,(H,19,20)/t11-/m1/s1. The lowest BCUT2D eigenvalue weighted by molar-refractivity contribution is -0.138. The molecule has 1 amide bonds. The van der Waals surface area contributed by atoms with E-state index in [1.807, 2.05) is 0 Å². The van der Waals surface area contributed by atoms with Crippen molar-refractivity contribution in [1.29, 1.82) is 0 Å². The molecule has 1 atom stereocenters. The number of aliphatic carboxylic acids is 1. The molecule has 1 N–H and O–H groups in total. The predicted molar refractivity (Wildman–Crippen MR) is 83.5 cm³/mol. The first-order valence-electron chi connectivity index (χ1n) is 7.36. The summed E-state index contributed by atoms with van der Waals surface area (Å²) in [6, 6.07) is 4.96. The highest BCUT2D eigenvalue weighted by molar-refractivity contribution is 6.30. The van der Waals surface area contributed by atoms with E-state index in [1.54, 1.807) is 23.1 Å². The molecule has 1 aromatic rings. The van der Waals surface area contributed by atoms with Crippen molar-refractivity contribution in [1.82, 2.24) is 4.90 Å². The Morgan fingerprint density at radius 3 is 2.82 bits per heavy atom. The van der Waals surface area contributed by atoms with Crippen LogP contribution in [0.25, 0.3) is 0 Å². The van der Waals surface area contributed by atoms with Crippen LogP contribution in [0.2, 0.25) is 5.02 Å². The number of ether oxygens (including phenoxy) is 1. The molecule has 1 aliphatic heterocycles. The summed E-state index contributed by atoms with van der Waals surface area (Å²) in [4.78, 5) is 25.3. The van der Waals surface area contributed by atoms with Crippen LogP contribution in [0.3, 0.4) is 0 Å². The zero-order valence-corrected chi connectivity index (χ0v) is 13.3. The molecule has 0 bridgehead atoms. The van der Waals surface area contributed by atoms with E-state index in [0.29, 0.717) is 35.8 Å². The fourth-order valence-corrected chi connectivity index (χ4v) is 2.99. The Morgan fingerprint density at radius 2 is 2.14 bits per heavy atom. The summed E-state index contributed by atoms with van der Waals surface area (Å²) in [6.07, 6.45) is 2.55. The number of nitrogens with zero attached hydrogens (tertiary/aromatic N) is 1. The number of rotatable bonds is 4. The maximum Gasteiger partial charge on any atom is 0.303 e. The van der Waals surface area contributed by atoms with E-state index < -0.39 is 5.97 Å². The summed E-state index contributed by atoms with van der Waals surface area (Å²) in [6.45, 7) is 1.21. The number of halogens is 1. The molecule has 5 nitrogen and oxygen atoms in total.